The van der Waals surface area contributed by atoms with Gasteiger partial charge in [0.1, 0.15) is 11.5 Å². The molecule has 3 nitrogen and oxygen atoms in total. The molecule has 0 spiro atoms. The lowest BCUT2D eigenvalue weighted by atomic mass is 10.0. The van der Waals surface area contributed by atoms with E-state index in [2.05, 4.69) is 31.3 Å². The van der Waals surface area contributed by atoms with Crippen LogP contribution in [0, 0.1) is 6.92 Å². The van der Waals surface area contributed by atoms with Crippen LogP contribution in [0.2, 0.25) is 0 Å². The highest BCUT2D eigenvalue weighted by Gasteiger charge is 2.10. The van der Waals surface area contributed by atoms with Crippen molar-refractivity contribution in [1.82, 2.24) is 5.32 Å². The Morgan fingerprint density at radius 1 is 1.14 bits per heavy atom. The van der Waals surface area contributed by atoms with Gasteiger partial charge in [-0.15, -0.1) is 0 Å². The molecule has 0 aliphatic heterocycles. The van der Waals surface area contributed by atoms with Crippen molar-refractivity contribution >= 4 is 0 Å². The predicted molar refractivity (Wildman–Crippen MR) is 86.0 cm³/mol. The maximum Gasteiger partial charge on any atom is 0.123 e. The van der Waals surface area contributed by atoms with Crippen molar-refractivity contribution in [3.63, 3.8) is 0 Å². The Morgan fingerprint density at radius 3 is 2.52 bits per heavy atom. The van der Waals surface area contributed by atoms with Crippen LogP contribution in [-0.4, -0.2) is 18.8 Å². The van der Waals surface area contributed by atoms with Crippen molar-refractivity contribution in [1.29, 1.82) is 0 Å². The summed E-state index contributed by atoms with van der Waals surface area (Å²) in [5, 5.41) is 12.8. The topological polar surface area (TPSA) is 41.5 Å². The molecule has 0 heterocycles. The minimum Gasteiger partial charge on any atom is -0.508 e. The number of aromatic hydroxyl groups is 1. The molecule has 0 amide bonds. The van der Waals surface area contributed by atoms with E-state index in [0.717, 1.165) is 18.7 Å². The summed E-state index contributed by atoms with van der Waals surface area (Å²) in [5.74, 6) is 1.23. The molecular weight excluding hydrogens is 262 g/mol. The Kier molecular flexibility index (Phi) is 5.23. The van der Waals surface area contributed by atoms with Gasteiger partial charge in [0.15, 0.2) is 0 Å². The Bertz CT molecular complexity index is 578. The first kappa shape index (κ1) is 15.4. The molecule has 0 radical (unpaired) electrons. The van der Waals surface area contributed by atoms with Crippen LogP contribution < -0.4 is 10.1 Å². The van der Waals surface area contributed by atoms with Crippen LogP contribution in [0.5, 0.6) is 11.5 Å². The van der Waals surface area contributed by atoms with Crippen LogP contribution in [0.3, 0.4) is 0 Å². The number of phenolic OH excluding ortho intramolecular Hbond substituents is 1. The Labute approximate surface area is 126 Å². The quantitative estimate of drug-likeness (QED) is 0.852. The minimum atomic E-state index is 0.233. The number of methoxy groups -OCH3 is 1. The molecule has 1 atom stereocenters. The van der Waals surface area contributed by atoms with Gasteiger partial charge in [0.05, 0.1) is 7.11 Å². The molecular formula is C18H23NO2. The maximum absolute atomic E-state index is 9.27. The summed E-state index contributed by atoms with van der Waals surface area (Å²) in [5.41, 5.74) is 3.63. The van der Waals surface area contributed by atoms with E-state index in [9.17, 15) is 5.11 Å². The fraction of sp³-hybridized carbons (Fsp3) is 0.333. The second-order valence-electron chi connectivity index (χ2n) is 5.34. The molecule has 112 valence electrons. The van der Waals surface area contributed by atoms with Gasteiger partial charge in [0.2, 0.25) is 0 Å². The van der Waals surface area contributed by atoms with Gasteiger partial charge < -0.3 is 15.2 Å². The van der Waals surface area contributed by atoms with Crippen molar-refractivity contribution in [3.8, 4) is 11.5 Å². The zero-order valence-electron chi connectivity index (χ0n) is 12.9. The van der Waals surface area contributed by atoms with Gasteiger partial charge >= 0.3 is 0 Å². The van der Waals surface area contributed by atoms with Crippen LogP contribution in [0.1, 0.15) is 29.7 Å². The Balaban J connectivity index is 1.94. The second-order valence-corrected chi connectivity index (χ2v) is 5.34. The van der Waals surface area contributed by atoms with Crippen molar-refractivity contribution < 1.29 is 9.84 Å². The minimum absolute atomic E-state index is 0.233. The van der Waals surface area contributed by atoms with E-state index in [-0.39, 0.29) is 6.04 Å². The molecule has 0 fully saturated rings. The van der Waals surface area contributed by atoms with Gasteiger partial charge in [0, 0.05) is 11.6 Å². The highest BCUT2D eigenvalue weighted by molar-refractivity contribution is 5.38. The zero-order chi connectivity index (χ0) is 15.2. The molecule has 3 heteroatoms. The molecule has 0 bridgehead atoms. The molecule has 2 N–H and O–H groups in total. The first-order chi connectivity index (χ1) is 10.1. The van der Waals surface area contributed by atoms with Gasteiger partial charge in [0.25, 0.3) is 0 Å². The molecule has 0 aliphatic rings. The highest BCUT2D eigenvalue weighted by atomic mass is 16.5. The number of phenols is 1. The second kappa shape index (κ2) is 7.14. The number of rotatable bonds is 6. The Hall–Kier alpha value is -2.00. The summed E-state index contributed by atoms with van der Waals surface area (Å²) in [6.45, 7) is 5.11. The molecule has 21 heavy (non-hydrogen) atoms. The van der Waals surface area contributed by atoms with Crippen LogP contribution in [0.25, 0.3) is 0 Å². The van der Waals surface area contributed by atoms with Crippen LogP contribution in [0.15, 0.2) is 42.5 Å². The number of ether oxygens (including phenoxy) is 1. The Morgan fingerprint density at radius 2 is 1.86 bits per heavy atom. The summed E-state index contributed by atoms with van der Waals surface area (Å²) < 4.78 is 5.43. The van der Waals surface area contributed by atoms with E-state index in [1.807, 2.05) is 18.2 Å². The van der Waals surface area contributed by atoms with E-state index in [4.69, 9.17) is 4.74 Å². The fourth-order valence-corrected chi connectivity index (χ4v) is 2.40. The number of nitrogens with one attached hydrogen (secondary N) is 1. The summed E-state index contributed by atoms with van der Waals surface area (Å²) in [7, 11) is 1.71. The van der Waals surface area contributed by atoms with Gasteiger partial charge in [-0.1, -0.05) is 29.8 Å². The van der Waals surface area contributed by atoms with Gasteiger partial charge in [-0.2, -0.15) is 0 Å². The van der Waals surface area contributed by atoms with E-state index in [1.165, 1.54) is 16.7 Å². The molecule has 0 saturated heterocycles. The normalized spacial score (nSPS) is 12.1. The van der Waals surface area contributed by atoms with Crippen molar-refractivity contribution in [2.45, 2.75) is 26.3 Å². The molecule has 0 aliphatic carbocycles. The third-order valence-electron chi connectivity index (χ3n) is 3.65. The van der Waals surface area contributed by atoms with Crippen molar-refractivity contribution in [2.75, 3.05) is 13.7 Å². The van der Waals surface area contributed by atoms with Gasteiger partial charge in [-0.3, -0.25) is 0 Å². The lowest BCUT2D eigenvalue weighted by Gasteiger charge is -2.18. The SMILES string of the molecule is COc1ccc(C)cc1C(C)NCCc1ccc(O)cc1. The number of benzene rings is 2. The molecule has 2 rings (SSSR count). The van der Waals surface area contributed by atoms with Crippen LogP contribution in [-0.2, 0) is 6.42 Å². The third kappa shape index (κ3) is 4.23. The zero-order valence-corrected chi connectivity index (χ0v) is 12.9. The molecule has 0 aromatic heterocycles. The lowest BCUT2D eigenvalue weighted by Crippen LogP contribution is -2.22. The number of aryl methyl sites for hydroxylation is 1. The molecule has 2 aromatic rings. The van der Waals surface area contributed by atoms with E-state index < -0.39 is 0 Å². The number of hydrogen-bond acceptors (Lipinski definition) is 3. The first-order valence-electron chi connectivity index (χ1n) is 7.26. The van der Waals surface area contributed by atoms with Crippen molar-refractivity contribution in [2.24, 2.45) is 0 Å². The summed E-state index contributed by atoms with van der Waals surface area (Å²) in [6.07, 6.45) is 0.929. The summed E-state index contributed by atoms with van der Waals surface area (Å²) >= 11 is 0. The van der Waals surface area contributed by atoms with E-state index in [1.54, 1.807) is 19.2 Å². The average Bonchev–Trinajstić information content (AvgIpc) is 2.49. The van der Waals surface area contributed by atoms with Crippen LogP contribution in [0.4, 0.5) is 0 Å². The fourth-order valence-electron chi connectivity index (χ4n) is 2.40. The number of hydrogen-bond donors (Lipinski definition) is 2. The summed E-state index contributed by atoms with van der Waals surface area (Å²) in [4.78, 5) is 0. The monoisotopic (exact) mass is 285 g/mol. The smallest absolute Gasteiger partial charge is 0.123 e. The lowest BCUT2D eigenvalue weighted by molar-refractivity contribution is 0.401. The van der Waals surface area contributed by atoms with E-state index in [0.29, 0.717) is 5.75 Å². The molecule has 1 unspecified atom stereocenters. The predicted octanol–water partition coefficient (Wildman–Crippen LogP) is 3.60. The average molecular weight is 285 g/mol. The summed E-state index contributed by atoms with van der Waals surface area (Å²) in [6, 6.07) is 13.8. The highest BCUT2D eigenvalue weighted by Crippen LogP contribution is 2.26. The van der Waals surface area contributed by atoms with Gasteiger partial charge in [-0.25, -0.2) is 0 Å². The van der Waals surface area contributed by atoms with E-state index >= 15 is 0 Å². The maximum atomic E-state index is 9.27. The largest absolute Gasteiger partial charge is 0.508 e. The standard InChI is InChI=1S/C18H23NO2/c1-13-4-9-18(21-3)17(12-13)14(2)19-11-10-15-5-7-16(20)8-6-15/h4-9,12,14,19-20H,10-11H2,1-3H3. The van der Waals surface area contributed by atoms with Gasteiger partial charge in [-0.05, 0) is 50.6 Å². The molecule has 0 saturated carbocycles. The van der Waals surface area contributed by atoms with Crippen molar-refractivity contribution in [3.05, 3.63) is 59.2 Å². The third-order valence-corrected chi connectivity index (χ3v) is 3.65. The molecule has 2 aromatic carbocycles. The first-order valence-corrected chi connectivity index (χ1v) is 7.26. The van der Waals surface area contributed by atoms with Crippen LogP contribution >= 0.6 is 0 Å².